The molecule has 9 heteroatoms. The Morgan fingerprint density at radius 1 is 1.09 bits per heavy atom. The van der Waals surface area contributed by atoms with Gasteiger partial charge in [-0.3, -0.25) is 19.4 Å². The molecule has 5 rings (SSSR count). The number of ketones is 1. The van der Waals surface area contributed by atoms with Crippen LogP contribution in [-0.4, -0.2) is 52.6 Å². The second-order valence-corrected chi connectivity index (χ2v) is 9.35. The van der Waals surface area contributed by atoms with Gasteiger partial charge in [-0.25, -0.2) is 9.78 Å². The van der Waals surface area contributed by atoms with Gasteiger partial charge in [0.1, 0.15) is 17.5 Å². The van der Waals surface area contributed by atoms with Crippen molar-refractivity contribution in [3.63, 3.8) is 0 Å². The zero-order valence-electron chi connectivity index (χ0n) is 18.5. The van der Waals surface area contributed by atoms with E-state index in [0.717, 1.165) is 11.3 Å². The van der Waals surface area contributed by atoms with Crippen molar-refractivity contribution in [1.29, 1.82) is 0 Å². The van der Waals surface area contributed by atoms with Gasteiger partial charge in [0, 0.05) is 31.0 Å². The van der Waals surface area contributed by atoms with E-state index in [9.17, 15) is 14.4 Å². The molecule has 1 fully saturated rings. The molecule has 0 spiro atoms. The summed E-state index contributed by atoms with van der Waals surface area (Å²) in [4.78, 5) is 52.2. The first kappa shape index (κ1) is 21.6. The second-order valence-electron chi connectivity index (χ2n) is 8.91. The van der Waals surface area contributed by atoms with E-state index in [1.165, 1.54) is 4.90 Å². The first-order valence-electron chi connectivity index (χ1n) is 11.1. The number of carbonyl (C=O) groups is 3. The monoisotopic (exact) mass is 465 g/mol. The van der Waals surface area contributed by atoms with E-state index >= 15 is 0 Å². The maximum absolute atomic E-state index is 13.7. The molecule has 1 unspecified atom stereocenters. The molecule has 1 saturated heterocycles. The lowest BCUT2D eigenvalue weighted by molar-refractivity contribution is -0.121. The highest BCUT2D eigenvalue weighted by Gasteiger charge is 2.48. The third-order valence-electron chi connectivity index (χ3n) is 6.34. The minimum Gasteiger partial charge on any atom is -0.369 e. The van der Waals surface area contributed by atoms with E-state index in [1.807, 2.05) is 32.0 Å². The summed E-state index contributed by atoms with van der Waals surface area (Å²) in [6, 6.07) is 8.29. The van der Waals surface area contributed by atoms with Gasteiger partial charge in [0.25, 0.3) is 5.91 Å². The van der Waals surface area contributed by atoms with Crippen molar-refractivity contribution in [3.05, 3.63) is 52.8 Å². The molecular formula is C24H24ClN5O3. The summed E-state index contributed by atoms with van der Waals surface area (Å²) >= 11 is 6.04. The lowest BCUT2D eigenvalue weighted by atomic mass is 10.0. The van der Waals surface area contributed by atoms with E-state index < -0.39 is 6.04 Å². The number of benzene rings is 1. The summed E-state index contributed by atoms with van der Waals surface area (Å²) in [5.41, 5.74) is 2.86. The number of Topliss-reactive ketones (excluding diaryl/α,β-unsaturated/α-hetero) is 1. The number of hydrogen-bond donors (Lipinski definition) is 0. The molecule has 1 aromatic heterocycles. The van der Waals surface area contributed by atoms with Crippen LogP contribution in [0.25, 0.3) is 0 Å². The fraction of sp³-hybridized carbons (Fsp3) is 0.375. The Labute approximate surface area is 196 Å². The lowest BCUT2D eigenvalue weighted by Gasteiger charge is -2.38. The highest BCUT2D eigenvalue weighted by Crippen LogP contribution is 2.37. The minimum atomic E-state index is -0.650. The maximum Gasteiger partial charge on any atom is 0.331 e. The van der Waals surface area contributed by atoms with Gasteiger partial charge >= 0.3 is 6.03 Å². The highest BCUT2D eigenvalue weighted by atomic mass is 35.5. The summed E-state index contributed by atoms with van der Waals surface area (Å²) in [5.74, 6) is 0.150. The Morgan fingerprint density at radius 3 is 2.45 bits per heavy atom. The van der Waals surface area contributed by atoms with E-state index in [0.29, 0.717) is 54.7 Å². The van der Waals surface area contributed by atoms with Crippen LogP contribution >= 0.6 is 11.6 Å². The van der Waals surface area contributed by atoms with Crippen LogP contribution in [-0.2, 0) is 16.1 Å². The first-order valence-corrected chi connectivity index (χ1v) is 11.5. The molecular weight excluding hydrogens is 442 g/mol. The number of nitrogens with zero attached hydrogens (tertiary/aromatic N) is 5. The van der Waals surface area contributed by atoms with Gasteiger partial charge in [-0.05, 0) is 29.7 Å². The third-order valence-corrected chi connectivity index (χ3v) is 6.59. The van der Waals surface area contributed by atoms with Crippen LogP contribution in [0.15, 0.2) is 41.5 Å². The number of hydrogen-bond acceptors (Lipinski definition) is 5. The predicted molar refractivity (Wildman–Crippen MR) is 126 cm³/mol. The van der Waals surface area contributed by atoms with Crippen LogP contribution in [0.5, 0.6) is 0 Å². The number of urea groups is 1. The first-order chi connectivity index (χ1) is 15.8. The Hall–Kier alpha value is -3.26. The molecule has 0 saturated carbocycles. The highest BCUT2D eigenvalue weighted by molar-refractivity contribution is 6.30. The van der Waals surface area contributed by atoms with Crippen LogP contribution < -0.4 is 9.80 Å². The van der Waals surface area contributed by atoms with Gasteiger partial charge in [0.2, 0.25) is 0 Å². The van der Waals surface area contributed by atoms with Gasteiger partial charge in [-0.1, -0.05) is 37.6 Å². The molecule has 0 radical (unpaired) electrons. The molecule has 1 atom stereocenters. The van der Waals surface area contributed by atoms with Crippen molar-refractivity contribution < 1.29 is 14.4 Å². The molecule has 8 nitrogen and oxygen atoms in total. The summed E-state index contributed by atoms with van der Waals surface area (Å²) < 4.78 is 0. The molecule has 0 bridgehead atoms. The Kier molecular flexibility index (Phi) is 5.40. The van der Waals surface area contributed by atoms with Crippen LogP contribution in [0.3, 0.4) is 0 Å². The smallest absolute Gasteiger partial charge is 0.331 e. The van der Waals surface area contributed by atoms with Crippen LogP contribution in [0, 0.1) is 5.92 Å². The van der Waals surface area contributed by atoms with Crippen molar-refractivity contribution in [2.45, 2.75) is 39.3 Å². The van der Waals surface area contributed by atoms with Gasteiger partial charge in [-0.2, -0.15) is 4.99 Å². The third kappa shape index (κ3) is 3.78. The Balaban J connectivity index is 1.59. The number of aromatic nitrogens is 1. The number of anilines is 2. The summed E-state index contributed by atoms with van der Waals surface area (Å²) in [6.07, 6.45) is 2.73. The van der Waals surface area contributed by atoms with E-state index in [2.05, 4.69) is 14.9 Å². The fourth-order valence-corrected chi connectivity index (χ4v) is 4.72. The standard InChI is InChI=1S/C24H24ClN5O3/c1-14(2)21-23(32)27-22-20-19(11-17(12-26-20)28-9-7-18(31)8-10-28)29(24(33)30(21)22)13-15-3-5-16(25)6-4-15/h3-6,11-12,14,21H,7-10,13H2,1-2H3. The molecule has 3 amide bonds. The predicted octanol–water partition coefficient (Wildman–Crippen LogP) is 3.66. The quantitative estimate of drug-likeness (QED) is 0.687. The Morgan fingerprint density at radius 2 is 1.79 bits per heavy atom. The zero-order valence-corrected chi connectivity index (χ0v) is 19.2. The SMILES string of the molecule is CC(C)C1C(=O)N=C2c3ncc(N4CCC(=O)CC4)cc3N(Cc3ccc(Cl)cc3)C(=O)N21. The number of halogens is 1. The van der Waals surface area contributed by atoms with Crippen molar-refractivity contribution in [3.8, 4) is 0 Å². The number of carbonyl (C=O) groups excluding carboxylic acids is 3. The molecule has 170 valence electrons. The van der Waals surface area contributed by atoms with Crippen molar-refractivity contribution >= 4 is 46.5 Å². The van der Waals surface area contributed by atoms with Gasteiger partial charge in [0.05, 0.1) is 24.1 Å². The molecule has 0 aliphatic carbocycles. The van der Waals surface area contributed by atoms with Gasteiger partial charge in [-0.15, -0.1) is 0 Å². The number of rotatable bonds is 4. The summed E-state index contributed by atoms with van der Waals surface area (Å²) in [7, 11) is 0. The maximum atomic E-state index is 13.7. The number of piperidine rings is 1. The average molecular weight is 466 g/mol. The topological polar surface area (TPSA) is 86.2 Å². The average Bonchev–Trinajstić information content (AvgIpc) is 3.15. The zero-order chi connectivity index (χ0) is 23.3. The Bertz CT molecular complexity index is 1170. The summed E-state index contributed by atoms with van der Waals surface area (Å²) in [5, 5.41) is 0.618. The number of aliphatic imine (C=N–C) groups is 1. The van der Waals surface area contributed by atoms with Gasteiger partial charge in [0.15, 0.2) is 5.84 Å². The number of amides is 3. The minimum absolute atomic E-state index is 0.0909. The normalized spacial score (nSPS) is 20.4. The molecule has 4 heterocycles. The molecule has 2 aromatic rings. The number of pyridine rings is 1. The molecule has 0 N–H and O–H groups in total. The fourth-order valence-electron chi connectivity index (χ4n) is 4.59. The molecule has 33 heavy (non-hydrogen) atoms. The molecule has 1 aromatic carbocycles. The van der Waals surface area contributed by atoms with Crippen LogP contribution in [0.4, 0.5) is 16.2 Å². The lowest BCUT2D eigenvalue weighted by Crippen LogP contribution is -2.55. The van der Waals surface area contributed by atoms with Crippen molar-refractivity contribution in [2.75, 3.05) is 22.9 Å². The number of amidine groups is 1. The molecule has 3 aliphatic heterocycles. The van der Waals surface area contributed by atoms with E-state index in [4.69, 9.17) is 11.6 Å². The largest absolute Gasteiger partial charge is 0.369 e. The number of fused-ring (bicyclic) bond motifs is 3. The van der Waals surface area contributed by atoms with Gasteiger partial charge < -0.3 is 4.90 Å². The van der Waals surface area contributed by atoms with Crippen LogP contribution in [0.2, 0.25) is 5.02 Å². The van der Waals surface area contributed by atoms with E-state index in [-0.39, 0.29) is 23.6 Å². The van der Waals surface area contributed by atoms with Crippen molar-refractivity contribution in [2.24, 2.45) is 10.9 Å². The molecule has 3 aliphatic rings. The summed E-state index contributed by atoms with van der Waals surface area (Å²) in [6.45, 7) is 5.34. The second kappa shape index (κ2) is 8.26. The van der Waals surface area contributed by atoms with E-state index in [1.54, 1.807) is 23.2 Å². The van der Waals surface area contributed by atoms with Crippen LogP contribution in [0.1, 0.15) is 37.9 Å². The van der Waals surface area contributed by atoms with Crippen molar-refractivity contribution in [1.82, 2.24) is 9.88 Å².